The second-order valence-corrected chi connectivity index (χ2v) is 9.82. The molecule has 0 aromatic carbocycles. The highest BCUT2D eigenvalue weighted by Crippen LogP contribution is 2.43. The van der Waals surface area contributed by atoms with Crippen LogP contribution in [-0.4, -0.2) is 76.8 Å². The number of carbonyl (C=O) groups is 3. The number of fused-ring (bicyclic) bond motifs is 1. The molecule has 2 aliphatic heterocycles. The number of nitrogen functional groups attached to an aromatic ring is 1. The summed E-state index contributed by atoms with van der Waals surface area (Å²) in [7, 11) is 0. The summed E-state index contributed by atoms with van der Waals surface area (Å²) in [6.45, 7) is 0. The lowest BCUT2D eigenvalue weighted by Gasteiger charge is -2.49. The number of carboxylic acids is 1. The van der Waals surface area contributed by atoms with Gasteiger partial charge in [0, 0.05) is 33.7 Å². The van der Waals surface area contributed by atoms with Crippen molar-refractivity contribution >= 4 is 63.5 Å². The molecule has 0 bridgehead atoms. The molecule has 0 saturated carbocycles. The molecule has 2 aromatic heterocycles. The Bertz CT molecular complexity index is 1110. The van der Waals surface area contributed by atoms with Crippen LogP contribution in [0.5, 0.6) is 0 Å². The number of aromatic nitrogens is 3. The van der Waals surface area contributed by atoms with Crippen molar-refractivity contribution in [1.82, 2.24) is 25.4 Å². The molecular weight excluding hydrogens is 478 g/mol. The molecule has 2 aliphatic rings. The van der Waals surface area contributed by atoms with E-state index in [1.807, 2.05) is 6.07 Å². The number of amides is 2. The van der Waals surface area contributed by atoms with E-state index in [-0.39, 0.29) is 22.2 Å². The van der Waals surface area contributed by atoms with Crippen LogP contribution in [0.25, 0.3) is 0 Å². The van der Waals surface area contributed by atoms with E-state index < -0.39 is 29.2 Å². The van der Waals surface area contributed by atoms with Crippen LogP contribution in [-0.2, 0) is 20.8 Å². The summed E-state index contributed by atoms with van der Waals surface area (Å²) in [6, 6.07) is 0.889. The van der Waals surface area contributed by atoms with Gasteiger partial charge in [-0.1, -0.05) is 5.16 Å². The van der Waals surface area contributed by atoms with Gasteiger partial charge in [-0.2, -0.15) is 5.10 Å². The first-order valence-electron chi connectivity index (χ1n) is 9.17. The molecule has 15 heteroatoms. The number of hydrogen-bond donors (Lipinski definition) is 5. The number of aryl methyl sites for hydroxylation is 1. The van der Waals surface area contributed by atoms with Gasteiger partial charge in [-0.05, 0) is 12.5 Å². The van der Waals surface area contributed by atoms with Gasteiger partial charge in [0.15, 0.2) is 10.8 Å². The van der Waals surface area contributed by atoms with Crippen molar-refractivity contribution in [3.63, 3.8) is 0 Å². The number of oxime groups is 1. The Kier molecular flexibility index (Phi) is 6.38. The zero-order valence-electron chi connectivity index (χ0n) is 16.2. The van der Waals surface area contributed by atoms with Crippen molar-refractivity contribution in [2.24, 2.45) is 5.16 Å². The Labute approximate surface area is 193 Å². The highest BCUT2D eigenvalue weighted by molar-refractivity contribution is 8.06. The minimum Gasteiger partial charge on any atom is -0.477 e. The van der Waals surface area contributed by atoms with Crippen molar-refractivity contribution in [2.75, 3.05) is 17.2 Å². The van der Waals surface area contributed by atoms with Gasteiger partial charge in [0.05, 0.1) is 0 Å². The van der Waals surface area contributed by atoms with Crippen molar-refractivity contribution in [3.8, 4) is 0 Å². The van der Waals surface area contributed by atoms with Gasteiger partial charge in [-0.15, -0.1) is 34.9 Å². The highest BCUT2D eigenvalue weighted by Gasteiger charge is 2.54. The number of thioether (sulfide) groups is 2. The first-order valence-corrected chi connectivity index (χ1v) is 12.1. The average Bonchev–Trinajstić information content (AvgIpc) is 3.44. The largest absolute Gasteiger partial charge is 0.477 e. The fraction of sp³-hybridized carbons (Fsp3) is 0.294. The summed E-state index contributed by atoms with van der Waals surface area (Å²) in [4.78, 5) is 42.9. The van der Waals surface area contributed by atoms with E-state index in [2.05, 4.69) is 25.7 Å². The first kappa shape index (κ1) is 22.2. The summed E-state index contributed by atoms with van der Waals surface area (Å²) in [6.07, 6.45) is 2.32. The number of nitrogens with one attached hydrogen (secondary N) is 2. The molecule has 0 spiro atoms. The summed E-state index contributed by atoms with van der Waals surface area (Å²) < 4.78 is 0. The number of nitrogens with two attached hydrogens (primary N) is 1. The van der Waals surface area contributed by atoms with Crippen molar-refractivity contribution in [1.29, 1.82) is 0 Å². The Hall–Kier alpha value is -3.04. The third-order valence-electron chi connectivity index (χ3n) is 4.71. The third-order valence-corrected chi connectivity index (χ3v) is 7.94. The molecular formula is C17H17N7O5S3. The molecule has 4 rings (SSSR count). The van der Waals surface area contributed by atoms with Crippen LogP contribution in [0.15, 0.2) is 33.4 Å². The van der Waals surface area contributed by atoms with Gasteiger partial charge in [0.25, 0.3) is 11.8 Å². The zero-order valence-corrected chi connectivity index (χ0v) is 18.7. The van der Waals surface area contributed by atoms with E-state index in [1.54, 1.807) is 6.20 Å². The molecule has 0 unspecified atom stereocenters. The quantitative estimate of drug-likeness (QED) is 0.147. The lowest BCUT2D eigenvalue weighted by atomic mass is 10.0. The molecule has 168 valence electrons. The van der Waals surface area contributed by atoms with Crippen LogP contribution in [0.3, 0.4) is 0 Å². The lowest BCUT2D eigenvalue weighted by molar-refractivity contribution is -0.150. The minimum absolute atomic E-state index is 0.0674. The van der Waals surface area contributed by atoms with Gasteiger partial charge in [-0.3, -0.25) is 19.6 Å². The van der Waals surface area contributed by atoms with Gasteiger partial charge in [0.1, 0.15) is 22.8 Å². The van der Waals surface area contributed by atoms with Gasteiger partial charge < -0.3 is 21.4 Å². The topological polar surface area (TPSA) is 187 Å². The molecule has 12 nitrogen and oxygen atoms in total. The number of anilines is 1. The molecule has 4 heterocycles. The van der Waals surface area contributed by atoms with E-state index in [0.29, 0.717) is 22.8 Å². The van der Waals surface area contributed by atoms with Crippen LogP contribution >= 0.6 is 34.9 Å². The maximum atomic E-state index is 12.7. The molecule has 2 amide bonds. The van der Waals surface area contributed by atoms with Gasteiger partial charge in [-0.25, -0.2) is 9.78 Å². The third kappa shape index (κ3) is 4.18. The summed E-state index contributed by atoms with van der Waals surface area (Å²) in [5.74, 6) is -1.55. The van der Waals surface area contributed by atoms with Crippen LogP contribution < -0.4 is 11.1 Å². The number of thiazole rings is 1. The van der Waals surface area contributed by atoms with Crippen molar-refractivity contribution < 1.29 is 24.7 Å². The van der Waals surface area contributed by atoms with E-state index >= 15 is 0 Å². The number of β-lactam (4-membered cyclic amide) rings is 1. The van der Waals surface area contributed by atoms with Crippen LogP contribution in [0, 0.1) is 0 Å². The van der Waals surface area contributed by atoms with Crippen molar-refractivity contribution in [3.05, 3.63) is 39.6 Å². The zero-order chi connectivity index (χ0) is 22.8. The Balaban J connectivity index is 1.44. The molecule has 2 atom stereocenters. The number of hydrogen-bond acceptors (Lipinski definition) is 11. The smallest absolute Gasteiger partial charge is 0.353 e. The number of rotatable bonds is 8. The molecule has 2 aromatic rings. The number of carbonyl (C=O) groups excluding carboxylic acids is 2. The van der Waals surface area contributed by atoms with Crippen molar-refractivity contribution in [2.45, 2.75) is 17.8 Å². The van der Waals surface area contributed by atoms with Crippen LogP contribution in [0.1, 0.15) is 11.4 Å². The van der Waals surface area contributed by atoms with E-state index in [9.17, 15) is 24.7 Å². The van der Waals surface area contributed by atoms with E-state index in [0.717, 1.165) is 17.0 Å². The van der Waals surface area contributed by atoms with Gasteiger partial charge >= 0.3 is 5.97 Å². The highest BCUT2D eigenvalue weighted by atomic mass is 32.2. The van der Waals surface area contributed by atoms with Crippen LogP contribution in [0.4, 0.5) is 5.13 Å². The second kappa shape index (κ2) is 9.22. The fourth-order valence-corrected chi connectivity index (χ4v) is 6.40. The first-order chi connectivity index (χ1) is 15.4. The van der Waals surface area contributed by atoms with Crippen LogP contribution in [0.2, 0.25) is 0 Å². The predicted molar refractivity (Wildman–Crippen MR) is 119 cm³/mol. The lowest BCUT2D eigenvalue weighted by Crippen LogP contribution is -2.71. The number of nitrogens with zero attached hydrogens (tertiary/aromatic N) is 4. The maximum Gasteiger partial charge on any atom is 0.353 e. The Morgan fingerprint density at radius 1 is 1.47 bits per heavy atom. The molecule has 0 aliphatic carbocycles. The molecule has 0 radical (unpaired) electrons. The molecule has 1 saturated heterocycles. The van der Waals surface area contributed by atoms with Gasteiger partial charge in [0.2, 0.25) is 0 Å². The Morgan fingerprint density at radius 3 is 2.91 bits per heavy atom. The number of carboxylic acid groups (broad SMARTS) is 1. The monoisotopic (exact) mass is 495 g/mol. The SMILES string of the molecule is Nc1nc(/C(=N/O)C(=O)N[C@@H]2C(=O)N3C(C(=O)O)=C(SCCc4ccn[nH]4)CS[C@H]23)cs1. The minimum atomic E-state index is -1.20. The van der Waals surface area contributed by atoms with E-state index in [4.69, 9.17) is 5.73 Å². The molecule has 1 fully saturated rings. The Morgan fingerprint density at radius 2 is 2.28 bits per heavy atom. The summed E-state index contributed by atoms with van der Waals surface area (Å²) in [5, 5.41) is 32.2. The standard InChI is InChI=1S/C17H17N7O5S3/c18-17-20-8(5-32-17)10(23-29)13(25)21-11-14(26)24-12(16(27)28)9(6-31-15(11)24)30-4-2-7-1-3-19-22-7/h1,3,5,11,15,29H,2,4,6H2,(H2,18,20)(H,19,22)(H,21,25)(H,27,28)/b23-10-/t11-,15-/m1/s1. The maximum absolute atomic E-state index is 12.7. The molecule has 6 N–H and O–H groups in total. The number of H-pyrrole nitrogens is 1. The summed E-state index contributed by atoms with van der Waals surface area (Å²) in [5.41, 5.74) is 6.11. The van der Waals surface area contributed by atoms with E-state index in [1.165, 1.54) is 33.8 Å². The predicted octanol–water partition coefficient (Wildman–Crippen LogP) is 0.299. The summed E-state index contributed by atoms with van der Waals surface area (Å²) >= 11 is 3.80. The number of aliphatic carboxylic acids is 1. The fourth-order valence-electron chi connectivity index (χ4n) is 3.23. The number of aromatic amines is 1. The second-order valence-electron chi connectivity index (χ2n) is 6.64. The molecule has 32 heavy (non-hydrogen) atoms. The normalized spacial score (nSPS) is 20.7. The average molecular weight is 496 g/mol.